The van der Waals surface area contributed by atoms with Gasteiger partial charge in [0, 0.05) is 16.7 Å². The van der Waals surface area contributed by atoms with E-state index >= 15 is 0 Å². The van der Waals surface area contributed by atoms with Crippen molar-refractivity contribution in [1.82, 2.24) is 15.2 Å². The summed E-state index contributed by atoms with van der Waals surface area (Å²) in [6, 6.07) is 6.30. The average Bonchev–Trinajstić information content (AvgIpc) is 2.68. The molecule has 2 aromatic rings. The Kier molecular flexibility index (Phi) is 5.35. The fourth-order valence-corrected chi connectivity index (χ4v) is 4.21. The first-order valence-electron chi connectivity index (χ1n) is 9.37. The summed E-state index contributed by atoms with van der Waals surface area (Å²) in [5.74, 6) is -0.638. The molecule has 28 heavy (non-hydrogen) atoms. The Labute approximate surface area is 171 Å². The predicted octanol–water partition coefficient (Wildman–Crippen LogP) is 3.06. The number of carbonyl (C=O) groups is 1. The van der Waals surface area contributed by atoms with Gasteiger partial charge in [0.25, 0.3) is 5.91 Å². The van der Waals surface area contributed by atoms with Gasteiger partial charge in [0.05, 0.1) is 36.2 Å². The molecule has 148 valence electrons. The fourth-order valence-electron chi connectivity index (χ4n) is 3.88. The Morgan fingerprint density at radius 1 is 1.32 bits per heavy atom. The summed E-state index contributed by atoms with van der Waals surface area (Å²) < 4.78 is 14.8. The number of piperidine rings is 1. The van der Waals surface area contributed by atoms with Crippen molar-refractivity contribution in [2.45, 2.75) is 30.9 Å². The molecule has 6 nitrogen and oxygen atoms in total. The van der Waals surface area contributed by atoms with E-state index < -0.39 is 11.4 Å². The smallest absolute Gasteiger partial charge is 0.256 e. The quantitative estimate of drug-likeness (QED) is 0.669. The van der Waals surface area contributed by atoms with E-state index in [2.05, 4.69) is 31.5 Å². The molecular weight excluding hydrogens is 427 g/mol. The van der Waals surface area contributed by atoms with Crippen LogP contribution in [0.2, 0.25) is 0 Å². The van der Waals surface area contributed by atoms with Crippen molar-refractivity contribution < 1.29 is 14.3 Å². The Bertz CT molecular complexity index is 882. The number of likely N-dealkylation sites (tertiary alicyclic amines) is 1. The second-order valence-corrected chi connectivity index (χ2v) is 8.35. The number of aliphatic hydroxyl groups is 1. The number of hydrogen-bond acceptors (Lipinski definition) is 5. The number of nitrogens with zero attached hydrogens (tertiary/aromatic N) is 2. The minimum Gasteiger partial charge on any atom is -0.385 e. The SMILES string of the molecule is O=C(c1ccncc1Nc1ccc(Br)cc1F)N1CC(O)([C@@H]2CCCCN2)C1. The number of rotatable bonds is 4. The van der Waals surface area contributed by atoms with Gasteiger partial charge in [0.2, 0.25) is 0 Å². The molecule has 0 unspecified atom stereocenters. The number of anilines is 2. The van der Waals surface area contributed by atoms with Crippen molar-refractivity contribution in [1.29, 1.82) is 0 Å². The molecule has 1 atom stereocenters. The monoisotopic (exact) mass is 448 g/mol. The molecule has 2 aliphatic rings. The lowest BCUT2D eigenvalue weighted by Gasteiger charge is -2.51. The summed E-state index contributed by atoms with van der Waals surface area (Å²) in [5, 5.41) is 17.1. The molecule has 3 heterocycles. The van der Waals surface area contributed by atoms with Crippen molar-refractivity contribution in [3.63, 3.8) is 0 Å². The predicted molar refractivity (Wildman–Crippen MR) is 108 cm³/mol. The van der Waals surface area contributed by atoms with Crippen LogP contribution in [0.4, 0.5) is 15.8 Å². The van der Waals surface area contributed by atoms with E-state index in [1.165, 1.54) is 18.5 Å². The maximum atomic E-state index is 14.2. The van der Waals surface area contributed by atoms with Gasteiger partial charge in [-0.1, -0.05) is 22.4 Å². The van der Waals surface area contributed by atoms with Crippen LogP contribution in [0, 0.1) is 5.82 Å². The van der Waals surface area contributed by atoms with Crippen LogP contribution in [-0.2, 0) is 0 Å². The highest BCUT2D eigenvalue weighted by molar-refractivity contribution is 9.10. The molecule has 0 spiro atoms. The molecule has 0 radical (unpaired) electrons. The number of β-amino-alcohol motifs (C(OH)–C–C–N with tert-alkyl or cyclic N) is 1. The zero-order valence-corrected chi connectivity index (χ0v) is 16.9. The van der Waals surface area contributed by atoms with Gasteiger partial charge in [-0.3, -0.25) is 9.78 Å². The third kappa shape index (κ3) is 3.76. The molecule has 1 amide bonds. The molecule has 1 aromatic heterocycles. The standard InChI is InChI=1S/C20H22BrFN4O2/c21-13-4-5-16(15(22)9-13)25-17-10-23-8-6-14(17)19(27)26-11-20(28,12-26)18-3-1-2-7-24-18/h4-6,8-10,18,24-25,28H,1-3,7,11-12H2/t18-/m0/s1. The van der Waals surface area contributed by atoms with Gasteiger partial charge < -0.3 is 20.6 Å². The van der Waals surface area contributed by atoms with Crippen molar-refractivity contribution in [2.75, 3.05) is 25.0 Å². The van der Waals surface area contributed by atoms with Crippen LogP contribution >= 0.6 is 15.9 Å². The van der Waals surface area contributed by atoms with Gasteiger partial charge in [-0.05, 0) is 43.7 Å². The number of carbonyl (C=O) groups excluding carboxylic acids is 1. The minimum atomic E-state index is -0.880. The number of halogens is 2. The Hall–Kier alpha value is -2.03. The fraction of sp³-hybridized carbons (Fsp3) is 0.400. The number of nitrogens with one attached hydrogen (secondary N) is 2. The molecular formula is C20H22BrFN4O2. The molecule has 3 N–H and O–H groups in total. The van der Waals surface area contributed by atoms with Crippen LogP contribution in [0.1, 0.15) is 29.6 Å². The topological polar surface area (TPSA) is 77.5 Å². The van der Waals surface area contributed by atoms with E-state index in [0.29, 0.717) is 15.7 Å². The van der Waals surface area contributed by atoms with E-state index in [0.717, 1.165) is 25.8 Å². The van der Waals surface area contributed by atoms with Gasteiger partial charge >= 0.3 is 0 Å². The summed E-state index contributed by atoms with van der Waals surface area (Å²) in [5.41, 5.74) is 0.210. The van der Waals surface area contributed by atoms with Crippen molar-refractivity contribution >= 4 is 33.2 Å². The van der Waals surface area contributed by atoms with Crippen molar-refractivity contribution in [2.24, 2.45) is 0 Å². The number of pyridine rings is 1. The lowest BCUT2D eigenvalue weighted by atomic mass is 9.81. The third-order valence-corrected chi connectivity index (χ3v) is 5.92. The van der Waals surface area contributed by atoms with Gasteiger partial charge in [0.15, 0.2) is 0 Å². The van der Waals surface area contributed by atoms with E-state index in [-0.39, 0.29) is 30.7 Å². The number of amides is 1. The summed E-state index contributed by atoms with van der Waals surface area (Å²) in [7, 11) is 0. The first kappa shape index (κ1) is 19.3. The Morgan fingerprint density at radius 3 is 2.86 bits per heavy atom. The number of benzene rings is 1. The Morgan fingerprint density at radius 2 is 2.14 bits per heavy atom. The Balaban J connectivity index is 1.48. The van der Waals surface area contributed by atoms with E-state index in [9.17, 15) is 14.3 Å². The molecule has 2 aliphatic heterocycles. The highest BCUT2D eigenvalue weighted by Crippen LogP contribution is 2.32. The second kappa shape index (κ2) is 7.77. The van der Waals surface area contributed by atoms with E-state index in [1.54, 1.807) is 23.1 Å². The van der Waals surface area contributed by atoms with Crippen molar-refractivity contribution in [3.8, 4) is 0 Å². The van der Waals surface area contributed by atoms with Gasteiger partial charge in [-0.25, -0.2) is 4.39 Å². The molecule has 0 saturated carbocycles. The van der Waals surface area contributed by atoms with Crippen LogP contribution in [0.15, 0.2) is 41.1 Å². The summed E-state index contributed by atoms with van der Waals surface area (Å²) in [6.45, 7) is 1.48. The van der Waals surface area contributed by atoms with Gasteiger partial charge in [0.1, 0.15) is 11.4 Å². The van der Waals surface area contributed by atoms with Crippen LogP contribution in [0.5, 0.6) is 0 Å². The highest BCUT2D eigenvalue weighted by atomic mass is 79.9. The largest absolute Gasteiger partial charge is 0.385 e. The van der Waals surface area contributed by atoms with Gasteiger partial charge in [-0.15, -0.1) is 0 Å². The molecule has 0 aliphatic carbocycles. The maximum Gasteiger partial charge on any atom is 0.256 e. The highest BCUT2D eigenvalue weighted by Gasteiger charge is 2.49. The number of hydrogen-bond donors (Lipinski definition) is 3. The van der Waals surface area contributed by atoms with E-state index in [1.807, 2.05) is 0 Å². The lowest BCUT2D eigenvalue weighted by molar-refractivity contribution is -0.108. The summed E-state index contributed by atoms with van der Waals surface area (Å²) >= 11 is 3.23. The zero-order chi connectivity index (χ0) is 19.7. The normalized spacial score (nSPS) is 21.1. The van der Waals surface area contributed by atoms with Gasteiger partial charge in [-0.2, -0.15) is 0 Å². The first-order valence-corrected chi connectivity index (χ1v) is 10.2. The second-order valence-electron chi connectivity index (χ2n) is 7.44. The molecule has 2 saturated heterocycles. The first-order chi connectivity index (χ1) is 13.5. The summed E-state index contributed by atoms with van der Waals surface area (Å²) in [4.78, 5) is 18.6. The zero-order valence-electron chi connectivity index (χ0n) is 15.3. The van der Waals surface area contributed by atoms with E-state index in [4.69, 9.17) is 0 Å². The third-order valence-electron chi connectivity index (χ3n) is 5.43. The van der Waals surface area contributed by atoms with Crippen LogP contribution in [0.25, 0.3) is 0 Å². The van der Waals surface area contributed by atoms with Crippen LogP contribution in [-0.4, -0.2) is 52.2 Å². The van der Waals surface area contributed by atoms with Crippen LogP contribution < -0.4 is 10.6 Å². The minimum absolute atomic E-state index is 0.0252. The number of aromatic nitrogens is 1. The lowest BCUT2D eigenvalue weighted by Crippen LogP contribution is -2.72. The molecule has 8 heteroatoms. The van der Waals surface area contributed by atoms with Crippen molar-refractivity contribution in [3.05, 3.63) is 52.5 Å². The summed E-state index contributed by atoms with van der Waals surface area (Å²) in [6.07, 6.45) is 6.16. The van der Waals surface area contributed by atoms with Crippen LogP contribution in [0.3, 0.4) is 0 Å². The maximum absolute atomic E-state index is 14.2. The average molecular weight is 449 g/mol. The molecule has 1 aromatic carbocycles. The molecule has 2 fully saturated rings. The molecule has 4 rings (SSSR count). The molecule has 0 bridgehead atoms.